The van der Waals surface area contributed by atoms with E-state index < -0.39 is 5.41 Å². The summed E-state index contributed by atoms with van der Waals surface area (Å²) in [6.07, 6.45) is 1.23. The third-order valence-electron chi connectivity index (χ3n) is 3.43. The van der Waals surface area contributed by atoms with E-state index in [1.807, 2.05) is 60.7 Å². The quantitative estimate of drug-likeness (QED) is 0.886. The average molecular weight is 251 g/mol. The van der Waals surface area contributed by atoms with Crippen molar-refractivity contribution in [3.8, 4) is 6.07 Å². The predicted molar refractivity (Wildman–Crippen MR) is 75.6 cm³/mol. The molecule has 2 aromatic carbocycles. The number of aliphatic hydroxyl groups is 1. The van der Waals surface area contributed by atoms with Crippen LogP contribution in [-0.2, 0) is 5.41 Å². The van der Waals surface area contributed by atoms with Crippen molar-refractivity contribution in [2.45, 2.75) is 18.3 Å². The fourth-order valence-electron chi connectivity index (χ4n) is 2.43. The summed E-state index contributed by atoms with van der Waals surface area (Å²) in [6, 6.07) is 22.1. The van der Waals surface area contributed by atoms with Crippen LogP contribution in [0, 0.1) is 11.3 Å². The summed E-state index contributed by atoms with van der Waals surface area (Å²) in [5.74, 6) is 0. The van der Waals surface area contributed by atoms with Crippen molar-refractivity contribution in [2.75, 3.05) is 6.61 Å². The highest BCUT2D eigenvalue weighted by Gasteiger charge is 2.33. The number of nitrogens with zero attached hydrogens (tertiary/aromatic N) is 1. The maximum absolute atomic E-state index is 9.78. The van der Waals surface area contributed by atoms with Crippen molar-refractivity contribution in [1.29, 1.82) is 5.26 Å². The normalized spacial score (nSPS) is 10.9. The minimum Gasteiger partial charge on any atom is -0.396 e. The number of aliphatic hydroxyl groups excluding tert-OH is 1. The Morgan fingerprint density at radius 2 is 1.37 bits per heavy atom. The Morgan fingerprint density at radius 1 is 0.895 bits per heavy atom. The molecule has 0 saturated carbocycles. The van der Waals surface area contributed by atoms with Gasteiger partial charge in [-0.15, -0.1) is 0 Å². The first kappa shape index (κ1) is 13.3. The molecule has 0 aromatic heterocycles. The van der Waals surface area contributed by atoms with Gasteiger partial charge in [-0.1, -0.05) is 60.7 Å². The van der Waals surface area contributed by atoms with Gasteiger partial charge in [0.2, 0.25) is 0 Å². The number of benzene rings is 2. The fourth-order valence-corrected chi connectivity index (χ4v) is 2.43. The Kier molecular flexibility index (Phi) is 4.33. The van der Waals surface area contributed by atoms with Gasteiger partial charge in [0, 0.05) is 6.61 Å². The van der Waals surface area contributed by atoms with E-state index in [1.165, 1.54) is 0 Å². The van der Waals surface area contributed by atoms with Crippen LogP contribution < -0.4 is 0 Å². The summed E-state index contributed by atoms with van der Waals surface area (Å²) in [5, 5.41) is 18.9. The summed E-state index contributed by atoms with van der Waals surface area (Å²) >= 11 is 0. The van der Waals surface area contributed by atoms with Gasteiger partial charge in [-0.2, -0.15) is 5.26 Å². The molecule has 0 saturated heterocycles. The third-order valence-corrected chi connectivity index (χ3v) is 3.43. The van der Waals surface area contributed by atoms with Crippen molar-refractivity contribution in [2.24, 2.45) is 0 Å². The molecule has 0 aliphatic rings. The zero-order valence-electron chi connectivity index (χ0n) is 10.8. The maximum atomic E-state index is 9.78. The van der Waals surface area contributed by atoms with Gasteiger partial charge in [0.15, 0.2) is 0 Å². The molecule has 0 fully saturated rings. The minimum atomic E-state index is -0.675. The first-order chi connectivity index (χ1) is 9.33. The van der Waals surface area contributed by atoms with Crippen molar-refractivity contribution >= 4 is 0 Å². The molecule has 0 radical (unpaired) electrons. The fraction of sp³-hybridized carbons (Fsp3) is 0.235. The molecule has 0 aliphatic carbocycles. The Hall–Kier alpha value is -2.11. The standard InChI is InChI=1S/C17H17NO/c18-14-17(12-7-13-19,15-8-3-1-4-9-15)16-10-5-2-6-11-16/h1-6,8-11,19H,7,12-13H2. The largest absolute Gasteiger partial charge is 0.396 e. The lowest BCUT2D eigenvalue weighted by Gasteiger charge is -2.27. The summed E-state index contributed by atoms with van der Waals surface area (Å²) in [7, 11) is 0. The Bertz CT molecular complexity index is 503. The zero-order chi connectivity index (χ0) is 13.6. The van der Waals surface area contributed by atoms with Gasteiger partial charge >= 0.3 is 0 Å². The Balaban J connectivity index is 2.53. The molecular formula is C17H17NO. The zero-order valence-corrected chi connectivity index (χ0v) is 10.8. The van der Waals surface area contributed by atoms with Crippen molar-refractivity contribution in [1.82, 2.24) is 0 Å². The maximum Gasteiger partial charge on any atom is 0.107 e. The molecule has 2 aromatic rings. The molecule has 0 aliphatic heterocycles. The molecule has 0 amide bonds. The topological polar surface area (TPSA) is 44.0 Å². The number of hydrogen-bond acceptors (Lipinski definition) is 2. The molecule has 96 valence electrons. The lowest BCUT2D eigenvalue weighted by atomic mass is 9.72. The van der Waals surface area contributed by atoms with Gasteiger partial charge in [0.1, 0.15) is 5.41 Å². The summed E-state index contributed by atoms with van der Waals surface area (Å²) in [4.78, 5) is 0. The van der Waals surface area contributed by atoms with Crippen LogP contribution in [0.15, 0.2) is 60.7 Å². The summed E-state index contributed by atoms with van der Waals surface area (Å²) in [5.41, 5.74) is 1.29. The van der Waals surface area contributed by atoms with Gasteiger partial charge in [-0.25, -0.2) is 0 Å². The first-order valence-corrected chi connectivity index (χ1v) is 6.46. The molecule has 0 spiro atoms. The van der Waals surface area contributed by atoms with Crippen molar-refractivity contribution in [3.63, 3.8) is 0 Å². The Morgan fingerprint density at radius 3 is 1.74 bits per heavy atom. The van der Waals surface area contributed by atoms with Crippen molar-refractivity contribution < 1.29 is 5.11 Å². The summed E-state index contributed by atoms with van der Waals surface area (Å²) in [6.45, 7) is 0.100. The molecule has 2 rings (SSSR count). The van der Waals surface area contributed by atoms with Crippen LogP contribution in [-0.4, -0.2) is 11.7 Å². The van der Waals surface area contributed by atoms with E-state index in [-0.39, 0.29) is 6.61 Å². The Labute approximate surface area is 114 Å². The van der Waals surface area contributed by atoms with Crippen LogP contribution in [0.3, 0.4) is 0 Å². The molecule has 0 heterocycles. The molecule has 0 bridgehead atoms. The number of hydrogen-bond donors (Lipinski definition) is 1. The van der Waals surface area contributed by atoms with Crippen LogP contribution in [0.25, 0.3) is 0 Å². The smallest absolute Gasteiger partial charge is 0.107 e. The highest BCUT2D eigenvalue weighted by molar-refractivity contribution is 5.45. The number of nitriles is 1. The average Bonchev–Trinajstić information content (AvgIpc) is 2.51. The summed E-state index contributed by atoms with van der Waals surface area (Å²) < 4.78 is 0. The predicted octanol–water partition coefficient (Wildman–Crippen LogP) is 3.27. The van der Waals surface area contributed by atoms with E-state index in [2.05, 4.69) is 6.07 Å². The molecule has 2 heteroatoms. The van der Waals surface area contributed by atoms with E-state index in [1.54, 1.807) is 0 Å². The molecule has 0 atom stereocenters. The van der Waals surface area contributed by atoms with E-state index in [9.17, 15) is 5.26 Å². The second-order valence-corrected chi connectivity index (χ2v) is 4.58. The molecule has 0 unspecified atom stereocenters. The third kappa shape index (κ3) is 2.67. The van der Waals surface area contributed by atoms with Crippen molar-refractivity contribution in [3.05, 3.63) is 71.8 Å². The van der Waals surface area contributed by atoms with Gasteiger partial charge in [0.25, 0.3) is 0 Å². The lowest BCUT2D eigenvalue weighted by molar-refractivity contribution is 0.276. The lowest BCUT2D eigenvalue weighted by Crippen LogP contribution is -2.26. The van der Waals surface area contributed by atoms with E-state index >= 15 is 0 Å². The van der Waals surface area contributed by atoms with E-state index in [0.717, 1.165) is 11.1 Å². The highest BCUT2D eigenvalue weighted by Crippen LogP contribution is 2.36. The SMILES string of the molecule is N#CC(CCCO)(c1ccccc1)c1ccccc1. The van der Waals surface area contributed by atoms with Crippen LogP contribution in [0.2, 0.25) is 0 Å². The van der Waals surface area contributed by atoms with Crippen LogP contribution >= 0.6 is 0 Å². The first-order valence-electron chi connectivity index (χ1n) is 6.46. The number of rotatable bonds is 5. The van der Waals surface area contributed by atoms with Gasteiger partial charge in [0.05, 0.1) is 6.07 Å². The van der Waals surface area contributed by atoms with Crippen LogP contribution in [0.5, 0.6) is 0 Å². The monoisotopic (exact) mass is 251 g/mol. The van der Waals surface area contributed by atoms with Crippen LogP contribution in [0.4, 0.5) is 0 Å². The highest BCUT2D eigenvalue weighted by atomic mass is 16.2. The minimum absolute atomic E-state index is 0.100. The van der Waals surface area contributed by atoms with Gasteiger partial charge in [-0.3, -0.25) is 0 Å². The molecule has 2 nitrogen and oxygen atoms in total. The second kappa shape index (κ2) is 6.17. The molecule has 1 N–H and O–H groups in total. The van der Waals surface area contributed by atoms with E-state index in [0.29, 0.717) is 12.8 Å². The van der Waals surface area contributed by atoms with Crippen LogP contribution in [0.1, 0.15) is 24.0 Å². The van der Waals surface area contributed by atoms with Gasteiger partial charge < -0.3 is 5.11 Å². The van der Waals surface area contributed by atoms with Gasteiger partial charge in [-0.05, 0) is 24.0 Å². The van der Waals surface area contributed by atoms with E-state index in [4.69, 9.17) is 5.11 Å². The molecular weight excluding hydrogens is 234 g/mol. The molecule has 19 heavy (non-hydrogen) atoms. The second-order valence-electron chi connectivity index (χ2n) is 4.58.